The highest BCUT2D eigenvalue weighted by Crippen LogP contribution is 2.28. The molecular formula is C24H22N4O2S. The minimum atomic E-state index is -0.257. The van der Waals surface area contributed by atoms with Gasteiger partial charge < -0.3 is 4.74 Å². The summed E-state index contributed by atoms with van der Waals surface area (Å²) < 4.78 is 5.43. The smallest absolute Gasteiger partial charge is 0.276 e. The number of thiazole rings is 1. The lowest BCUT2D eigenvalue weighted by Crippen LogP contribution is -2.35. The fourth-order valence-corrected chi connectivity index (χ4v) is 4.28. The van der Waals surface area contributed by atoms with Crippen LogP contribution in [0.2, 0.25) is 0 Å². The quantitative estimate of drug-likeness (QED) is 0.507. The molecule has 2 aromatic carbocycles. The number of ether oxygens (including phenoxy) is 1. The minimum absolute atomic E-state index is 0.257. The molecule has 0 unspecified atom stereocenters. The third-order valence-electron chi connectivity index (χ3n) is 5.38. The normalized spacial score (nSPS) is 14.6. The molecule has 4 aromatic rings. The molecule has 2 aromatic heterocycles. The molecule has 5 rings (SSSR count). The van der Waals surface area contributed by atoms with Gasteiger partial charge in [0.2, 0.25) is 0 Å². The number of nitrogens with one attached hydrogen (secondary N) is 1. The van der Waals surface area contributed by atoms with Crippen molar-refractivity contribution in [2.75, 3.05) is 31.6 Å². The molecule has 0 aliphatic carbocycles. The van der Waals surface area contributed by atoms with Crippen LogP contribution < -0.4 is 5.32 Å². The van der Waals surface area contributed by atoms with E-state index in [4.69, 9.17) is 9.72 Å². The summed E-state index contributed by atoms with van der Waals surface area (Å²) in [5, 5.41) is 6.19. The number of hydrogen-bond acceptors (Lipinski definition) is 6. The third kappa shape index (κ3) is 4.49. The van der Waals surface area contributed by atoms with Crippen molar-refractivity contribution >= 4 is 33.3 Å². The van der Waals surface area contributed by atoms with Gasteiger partial charge in [-0.05, 0) is 17.2 Å². The molecular weight excluding hydrogens is 408 g/mol. The van der Waals surface area contributed by atoms with Crippen molar-refractivity contribution in [1.29, 1.82) is 0 Å². The van der Waals surface area contributed by atoms with E-state index in [1.54, 1.807) is 12.3 Å². The van der Waals surface area contributed by atoms with E-state index >= 15 is 0 Å². The molecule has 0 bridgehead atoms. The van der Waals surface area contributed by atoms with Gasteiger partial charge in [-0.1, -0.05) is 48.5 Å². The molecule has 1 aliphatic heterocycles. The van der Waals surface area contributed by atoms with E-state index in [0.717, 1.165) is 54.9 Å². The van der Waals surface area contributed by atoms with Crippen LogP contribution in [-0.2, 0) is 11.3 Å². The summed E-state index contributed by atoms with van der Waals surface area (Å²) in [6, 6.07) is 18.4. The number of anilines is 1. The summed E-state index contributed by atoms with van der Waals surface area (Å²) in [6.45, 7) is 4.48. The maximum atomic E-state index is 12.6. The maximum Gasteiger partial charge on any atom is 0.276 e. The average Bonchev–Trinajstić information content (AvgIpc) is 3.33. The summed E-state index contributed by atoms with van der Waals surface area (Å²) in [5.41, 5.74) is 4.57. The highest BCUT2D eigenvalue weighted by atomic mass is 32.1. The summed E-state index contributed by atoms with van der Waals surface area (Å²) in [7, 11) is 0. The average molecular weight is 431 g/mol. The van der Waals surface area contributed by atoms with Gasteiger partial charge in [0, 0.05) is 42.2 Å². The molecule has 31 heavy (non-hydrogen) atoms. The number of nitrogens with zero attached hydrogens (tertiary/aromatic N) is 3. The molecule has 1 aliphatic rings. The maximum absolute atomic E-state index is 12.6. The Morgan fingerprint density at radius 2 is 1.90 bits per heavy atom. The van der Waals surface area contributed by atoms with Crippen LogP contribution in [0.15, 0.2) is 66.2 Å². The number of carbonyl (C=O) groups is 1. The molecule has 0 atom stereocenters. The number of fused-ring (bicyclic) bond motifs is 1. The van der Waals surface area contributed by atoms with E-state index in [9.17, 15) is 4.79 Å². The van der Waals surface area contributed by atoms with Crippen molar-refractivity contribution in [3.05, 3.63) is 77.4 Å². The zero-order chi connectivity index (χ0) is 21.0. The van der Waals surface area contributed by atoms with E-state index in [1.807, 2.05) is 23.6 Å². The first-order valence-electron chi connectivity index (χ1n) is 10.3. The first-order valence-corrected chi connectivity index (χ1v) is 11.1. The van der Waals surface area contributed by atoms with Crippen LogP contribution in [-0.4, -0.2) is 47.1 Å². The molecule has 6 nitrogen and oxygen atoms in total. The summed E-state index contributed by atoms with van der Waals surface area (Å²) in [4.78, 5) is 23.8. The van der Waals surface area contributed by atoms with Crippen molar-refractivity contribution in [2.24, 2.45) is 0 Å². The van der Waals surface area contributed by atoms with Crippen LogP contribution in [0.1, 0.15) is 16.1 Å². The molecule has 1 amide bonds. The van der Waals surface area contributed by atoms with Crippen LogP contribution in [0, 0.1) is 0 Å². The number of para-hydroxylation sites is 1. The molecule has 0 saturated carbocycles. The lowest BCUT2D eigenvalue weighted by Gasteiger charge is -2.26. The highest BCUT2D eigenvalue weighted by molar-refractivity contribution is 7.13. The van der Waals surface area contributed by atoms with E-state index < -0.39 is 0 Å². The standard InChI is InChI=1S/C24H22N4O2S/c29-23(27-24-25-10-15-31-24)21-9-8-19-2-1-3-20(22(19)26-21)18-6-4-17(5-7-18)16-28-11-13-30-14-12-28/h1-10,15H,11-14,16H2,(H,25,27,29). The Morgan fingerprint density at radius 1 is 1.06 bits per heavy atom. The number of benzene rings is 2. The zero-order valence-electron chi connectivity index (χ0n) is 17.0. The van der Waals surface area contributed by atoms with Gasteiger partial charge in [0.1, 0.15) is 5.69 Å². The van der Waals surface area contributed by atoms with Gasteiger partial charge in [0.25, 0.3) is 5.91 Å². The Labute approximate surface area is 184 Å². The van der Waals surface area contributed by atoms with Crippen LogP contribution in [0.25, 0.3) is 22.0 Å². The molecule has 0 radical (unpaired) electrons. The molecule has 156 valence electrons. The first-order chi connectivity index (χ1) is 15.3. The molecule has 3 heterocycles. The molecule has 1 saturated heterocycles. The number of morpholine rings is 1. The molecule has 0 spiro atoms. The number of pyridine rings is 1. The van der Waals surface area contributed by atoms with Crippen molar-refractivity contribution in [3.8, 4) is 11.1 Å². The van der Waals surface area contributed by atoms with Crippen molar-refractivity contribution in [2.45, 2.75) is 6.54 Å². The number of carbonyl (C=O) groups excluding carboxylic acids is 1. The third-order valence-corrected chi connectivity index (χ3v) is 6.07. The lowest BCUT2D eigenvalue weighted by molar-refractivity contribution is 0.0342. The summed E-state index contributed by atoms with van der Waals surface area (Å²) in [6.07, 6.45) is 1.66. The SMILES string of the molecule is O=C(Nc1nccs1)c1ccc2cccc(-c3ccc(CN4CCOCC4)cc3)c2n1. The molecule has 1 N–H and O–H groups in total. The van der Waals surface area contributed by atoms with Gasteiger partial charge in [-0.15, -0.1) is 11.3 Å². The Bertz CT molecular complexity index is 1190. The number of aromatic nitrogens is 2. The molecule has 1 fully saturated rings. The Kier molecular flexibility index (Phi) is 5.71. The number of rotatable bonds is 5. The number of amides is 1. The van der Waals surface area contributed by atoms with Gasteiger partial charge in [-0.3, -0.25) is 15.0 Å². The second-order valence-electron chi connectivity index (χ2n) is 7.45. The van der Waals surface area contributed by atoms with Crippen molar-refractivity contribution in [3.63, 3.8) is 0 Å². The largest absolute Gasteiger partial charge is 0.379 e. The van der Waals surface area contributed by atoms with Crippen LogP contribution in [0.4, 0.5) is 5.13 Å². The van der Waals surface area contributed by atoms with Crippen LogP contribution in [0.3, 0.4) is 0 Å². The van der Waals surface area contributed by atoms with Gasteiger partial charge in [-0.25, -0.2) is 9.97 Å². The summed E-state index contributed by atoms with van der Waals surface area (Å²) >= 11 is 1.38. The minimum Gasteiger partial charge on any atom is -0.379 e. The Balaban J connectivity index is 1.41. The molecule has 7 heteroatoms. The second kappa shape index (κ2) is 8.93. The van der Waals surface area contributed by atoms with Gasteiger partial charge in [0.05, 0.1) is 18.7 Å². The fraction of sp³-hybridized carbons (Fsp3) is 0.208. The Morgan fingerprint density at radius 3 is 2.68 bits per heavy atom. The van der Waals surface area contributed by atoms with Gasteiger partial charge in [0.15, 0.2) is 5.13 Å². The van der Waals surface area contributed by atoms with E-state index in [-0.39, 0.29) is 5.91 Å². The number of hydrogen-bond donors (Lipinski definition) is 1. The predicted molar refractivity (Wildman–Crippen MR) is 123 cm³/mol. The highest BCUT2D eigenvalue weighted by Gasteiger charge is 2.13. The fourth-order valence-electron chi connectivity index (χ4n) is 3.76. The van der Waals surface area contributed by atoms with Crippen molar-refractivity contribution < 1.29 is 9.53 Å². The summed E-state index contributed by atoms with van der Waals surface area (Å²) in [5.74, 6) is -0.257. The predicted octanol–water partition coefficient (Wildman–Crippen LogP) is 4.44. The van der Waals surface area contributed by atoms with Gasteiger partial charge >= 0.3 is 0 Å². The van der Waals surface area contributed by atoms with E-state index in [1.165, 1.54) is 16.9 Å². The monoisotopic (exact) mass is 430 g/mol. The second-order valence-corrected chi connectivity index (χ2v) is 8.35. The zero-order valence-corrected chi connectivity index (χ0v) is 17.8. The first kappa shape index (κ1) is 19.8. The van der Waals surface area contributed by atoms with Crippen LogP contribution >= 0.6 is 11.3 Å². The van der Waals surface area contributed by atoms with Crippen LogP contribution in [0.5, 0.6) is 0 Å². The van der Waals surface area contributed by atoms with Crippen molar-refractivity contribution in [1.82, 2.24) is 14.9 Å². The van der Waals surface area contributed by atoms with E-state index in [0.29, 0.717) is 10.8 Å². The van der Waals surface area contributed by atoms with E-state index in [2.05, 4.69) is 45.5 Å². The Hall–Kier alpha value is -3.13. The lowest BCUT2D eigenvalue weighted by atomic mass is 10.0. The topological polar surface area (TPSA) is 67.4 Å². The van der Waals surface area contributed by atoms with Gasteiger partial charge in [-0.2, -0.15) is 0 Å².